The number of hydrogen-bond acceptors (Lipinski definition) is 7. The SMILES string of the molecule is Cc1nc(Sc2sc([C@@H](C)O)cc2[N+](=O)[O-])nc(C)c1C. The average molecular weight is 325 g/mol. The lowest BCUT2D eigenvalue weighted by Gasteiger charge is -2.05. The Morgan fingerprint density at radius 1 is 1.33 bits per heavy atom. The van der Waals surface area contributed by atoms with Gasteiger partial charge in [0.2, 0.25) is 0 Å². The van der Waals surface area contributed by atoms with Gasteiger partial charge in [0.1, 0.15) is 4.21 Å². The Morgan fingerprint density at radius 3 is 2.38 bits per heavy atom. The van der Waals surface area contributed by atoms with Gasteiger partial charge in [-0.15, -0.1) is 11.3 Å². The molecule has 0 aliphatic heterocycles. The molecule has 1 N–H and O–H groups in total. The van der Waals surface area contributed by atoms with Crippen molar-refractivity contribution in [1.82, 2.24) is 9.97 Å². The van der Waals surface area contributed by atoms with Crippen LogP contribution in [0.15, 0.2) is 15.4 Å². The first-order valence-corrected chi connectivity index (χ1v) is 7.88. The van der Waals surface area contributed by atoms with Gasteiger partial charge < -0.3 is 5.11 Å². The Balaban J connectivity index is 2.41. The number of rotatable bonds is 4. The Morgan fingerprint density at radius 2 is 1.90 bits per heavy atom. The molecule has 0 aliphatic carbocycles. The van der Waals surface area contributed by atoms with Gasteiger partial charge in [-0.1, -0.05) is 0 Å². The first-order chi connectivity index (χ1) is 9.79. The van der Waals surface area contributed by atoms with Gasteiger partial charge in [0.15, 0.2) is 5.16 Å². The maximum atomic E-state index is 11.1. The molecule has 2 rings (SSSR count). The minimum Gasteiger partial charge on any atom is -0.388 e. The average Bonchev–Trinajstić information content (AvgIpc) is 2.80. The maximum Gasteiger partial charge on any atom is 0.294 e. The van der Waals surface area contributed by atoms with Crippen LogP contribution < -0.4 is 0 Å². The van der Waals surface area contributed by atoms with Crippen LogP contribution in [0.3, 0.4) is 0 Å². The fourth-order valence-electron chi connectivity index (χ4n) is 1.66. The van der Waals surface area contributed by atoms with Crippen molar-refractivity contribution in [3.63, 3.8) is 0 Å². The van der Waals surface area contributed by atoms with E-state index in [1.807, 2.05) is 20.8 Å². The van der Waals surface area contributed by atoms with Gasteiger partial charge in [0.05, 0.1) is 11.0 Å². The molecule has 0 bridgehead atoms. The van der Waals surface area contributed by atoms with Gasteiger partial charge in [0, 0.05) is 22.3 Å². The molecule has 21 heavy (non-hydrogen) atoms. The number of hydrogen-bond donors (Lipinski definition) is 1. The number of aliphatic hydroxyl groups is 1. The van der Waals surface area contributed by atoms with Crippen LogP contribution in [0, 0.1) is 30.9 Å². The summed E-state index contributed by atoms with van der Waals surface area (Å²) in [5.74, 6) is 0. The molecule has 2 aromatic heterocycles. The van der Waals surface area contributed by atoms with Crippen LogP contribution >= 0.6 is 23.1 Å². The highest BCUT2D eigenvalue weighted by Crippen LogP contribution is 2.42. The molecule has 6 nitrogen and oxygen atoms in total. The van der Waals surface area contributed by atoms with Crippen LogP contribution in [0.5, 0.6) is 0 Å². The third kappa shape index (κ3) is 3.39. The summed E-state index contributed by atoms with van der Waals surface area (Å²) in [7, 11) is 0. The second-order valence-corrected chi connectivity index (χ2v) is 6.98. The van der Waals surface area contributed by atoms with Gasteiger partial charge in [0.25, 0.3) is 5.69 Å². The molecule has 2 heterocycles. The number of aliphatic hydroxyl groups excluding tert-OH is 1. The monoisotopic (exact) mass is 325 g/mol. The molecule has 0 spiro atoms. The van der Waals surface area contributed by atoms with Crippen LogP contribution in [0.4, 0.5) is 5.69 Å². The van der Waals surface area contributed by atoms with Gasteiger partial charge in [-0.25, -0.2) is 9.97 Å². The third-order valence-electron chi connectivity index (χ3n) is 3.10. The van der Waals surface area contributed by atoms with Crippen LogP contribution in [0.1, 0.15) is 34.9 Å². The van der Waals surface area contributed by atoms with Crippen molar-refractivity contribution in [3.8, 4) is 0 Å². The van der Waals surface area contributed by atoms with Crippen LogP contribution in [0.25, 0.3) is 0 Å². The Hall–Kier alpha value is -1.51. The maximum absolute atomic E-state index is 11.1. The van der Waals surface area contributed by atoms with E-state index in [2.05, 4.69) is 9.97 Å². The molecule has 0 saturated heterocycles. The molecule has 0 saturated carbocycles. The standard InChI is InChI=1S/C13H15N3O3S2/c1-6-7(2)14-13(15-8(6)3)21-12-10(16(18)19)5-11(20-12)9(4)17/h5,9,17H,1-4H3/t9-/m1/s1. The lowest BCUT2D eigenvalue weighted by atomic mass is 10.2. The van der Waals surface area contributed by atoms with Crippen molar-refractivity contribution in [1.29, 1.82) is 0 Å². The molecular weight excluding hydrogens is 310 g/mol. The normalized spacial score (nSPS) is 12.4. The molecule has 8 heteroatoms. The summed E-state index contributed by atoms with van der Waals surface area (Å²) >= 11 is 2.36. The number of aromatic nitrogens is 2. The van der Waals surface area contributed by atoms with Crippen molar-refractivity contribution < 1.29 is 10.0 Å². The first-order valence-electron chi connectivity index (χ1n) is 6.25. The van der Waals surface area contributed by atoms with E-state index in [-0.39, 0.29) is 5.69 Å². The summed E-state index contributed by atoms with van der Waals surface area (Å²) in [5, 5.41) is 21.2. The van der Waals surface area contributed by atoms with Crippen LogP contribution in [-0.2, 0) is 0 Å². The van der Waals surface area contributed by atoms with E-state index in [0.717, 1.165) is 28.7 Å². The molecule has 0 aliphatic rings. The van der Waals surface area contributed by atoms with E-state index in [4.69, 9.17) is 0 Å². The van der Waals surface area contributed by atoms with E-state index in [0.29, 0.717) is 14.2 Å². The fourth-order valence-corrected chi connectivity index (χ4v) is 3.90. The topological polar surface area (TPSA) is 89.2 Å². The Bertz CT molecular complexity index is 675. The highest BCUT2D eigenvalue weighted by Gasteiger charge is 2.23. The zero-order chi connectivity index (χ0) is 15.7. The Kier molecular flexibility index (Phi) is 4.60. The van der Waals surface area contributed by atoms with Gasteiger partial charge in [-0.2, -0.15) is 0 Å². The molecule has 1 atom stereocenters. The summed E-state index contributed by atoms with van der Waals surface area (Å²) in [4.78, 5) is 19.9. The summed E-state index contributed by atoms with van der Waals surface area (Å²) in [6.07, 6.45) is -0.731. The van der Waals surface area contributed by atoms with E-state index in [1.54, 1.807) is 6.92 Å². The predicted octanol–water partition coefficient (Wildman–Crippen LogP) is 3.58. The first kappa shape index (κ1) is 15.9. The number of aryl methyl sites for hydroxylation is 2. The molecule has 0 radical (unpaired) electrons. The van der Waals surface area contributed by atoms with E-state index < -0.39 is 11.0 Å². The third-order valence-corrected chi connectivity index (χ3v) is 5.45. The molecule has 0 unspecified atom stereocenters. The van der Waals surface area contributed by atoms with Crippen LogP contribution in [0.2, 0.25) is 0 Å². The zero-order valence-electron chi connectivity index (χ0n) is 12.1. The largest absolute Gasteiger partial charge is 0.388 e. The summed E-state index contributed by atoms with van der Waals surface area (Å²) in [6, 6.07) is 1.41. The minimum atomic E-state index is -0.731. The zero-order valence-corrected chi connectivity index (χ0v) is 13.7. The Labute approximate surface area is 130 Å². The second-order valence-electron chi connectivity index (χ2n) is 4.66. The van der Waals surface area contributed by atoms with Gasteiger partial charge in [-0.3, -0.25) is 10.1 Å². The lowest BCUT2D eigenvalue weighted by molar-refractivity contribution is -0.387. The van der Waals surface area contributed by atoms with Crippen molar-refractivity contribution in [3.05, 3.63) is 38.0 Å². The summed E-state index contributed by atoms with van der Waals surface area (Å²) < 4.78 is 0.485. The van der Waals surface area contributed by atoms with E-state index >= 15 is 0 Å². The second kappa shape index (κ2) is 6.08. The molecular formula is C13H15N3O3S2. The van der Waals surface area contributed by atoms with Crippen molar-refractivity contribution in [2.75, 3.05) is 0 Å². The van der Waals surface area contributed by atoms with E-state index in [1.165, 1.54) is 17.4 Å². The predicted molar refractivity (Wildman–Crippen MR) is 82.0 cm³/mol. The quantitative estimate of drug-likeness (QED) is 0.525. The fraction of sp³-hybridized carbons (Fsp3) is 0.385. The highest BCUT2D eigenvalue weighted by molar-refractivity contribution is 8.01. The molecule has 0 aromatic carbocycles. The molecule has 112 valence electrons. The number of thiophene rings is 1. The summed E-state index contributed by atoms with van der Waals surface area (Å²) in [5.41, 5.74) is 2.73. The molecule has 0 amide bonds. The molecule has 2 aromatic rings. The van der Waals surface area contributed by atoms with Crippen molar-refractivity contribution in [2.24, 2.45) is 0 Å². The lowest BCUT2D eigenvalue weighted by Crippen LogP contribution is -1.97. The van der Waals surface area contributed by atoms with Crippen molar-refractivity contribution >= 4 is 28.8 Å². The summed E-state index contributed by atoms with van der Waals surface area (Å²) in [6.45, 7) is 7.30. The number of nitro groups is 1. The van der Waals surface area contributed by atoms with Gasteiger partial charge in [-0.05, 0) is 45.0 Å². The smallest absolute Gasteiger partial charge is 0.294 e. The molecule has 0 fully saturated rings. The van der Waals surface area contributed by atoms with Gasteiger partial charge >= 0.3 is 0 Å². The van der Waals surface area contributed by atoms with E-state index in [9.17, 15) is 15.2 Å². The minimum absolute atomic E-state index is 0.0135. The highest BCUT2D eigenvalue weighted by atomic mass is 32.2. The number of nitrogens with zero attached hydrogens (tertiary/aromatic N) is 3. The van der Waals surface area contributed by atoms with Crippen molar-refractivity contribution in [2.45, 2.75) is 43.2 Å². The van der Waals surface area contributed by atoms with Crippen LogP contribution in [-0.4, -0.2) is 20.0 Å².